The molecular formula is C15H17NO2. The Hall–Kier alpha value is -1.87. The van der Waals surface area contributed by atoms with Gasteiger partial charge in [0, 0.05) is 11.5 Å². The van der Waals surface area contributed by atoms with E-state index in [9.17, 15) is 9.90 Å². The van der Waals surface area contributed by atoms with Crippen LogP contribution >= 0.6 is 0 Å². The second-order valence-electron chi connectivity index (χ2n) is 5.07. The average Bonchev–Trinajstić information content (AvgIpc) is 2.33. The van der Waals surface area contributed by atoms with Crippen LogP contribution in [-0.4, -0.2) is 17.1 Å². The number of rotatable bonds is 2. The van der Waals surface area contributed by atoms with Gasteiger partial charge in [-0.25, -0.2) is 4.79 Å². The van der Waals surface area contributed by atoms with Crippen molar-refractivity contribution in [3.05, 3.63) is 53.6 Å². The van der Waals surface area contributed by atoms with E-state index in [0.717, 1.165) is 11.1 Å². The van der Waals surface area contributed by atoms with E-state index in [1.165, 1.54) is 0 Å². The monoisotopic (exact) mass is 243 g/mol. The van der Waals surface area contributed by atoms with Gasteiger partial charge >= 0.3 is 5.97 Å². The van der Waals surface area contributed by atoms with Crippen molar-refractivity contribution >= 4 is 11.5 Å². The van der Waals surface area contributed by atoms with Crippen molar-refractivity contribution < 1.29 is 9.90 Å². The van der Waals surface area contributed by atoms with Crippen LogP contribution < -0.4 is 5.73 Å². The maximum absolute atomic E-state index is 11.4. The van der Waals surface area contributed by atoms with Gasteiger partial charge in [0.2, 0.25) is 0 Å². The molecule has 0 spiro atoms. The summed E-state index contributed by atoms with van der Waals surface area (Å²) in [5, 5.41) is 9.34. The van der Waals surface area contributed by atoms with Crippen molar-refractivity contribution in [3.8, 4) is 0 Å². The van der Waals surface area contributed by atoms with Gasteiger partial charge in [0.05, 0.1) is 5.57 Å². The molecule has 3 heteroatoms. The zero-order valence-electron chi connectivity index (χ0n) is 10.6. The van der Waals surface area contributed by atoms with E-state index >= 15 is 0 Å². The highest BCUT2D eigenvalue weighted by atomic mass is 16.4. The van der Waals surface area contributed by atoms with E-state index in [0.29, 0.717) is 5.57 Å². The minimum atomic E-state index is -0.912. The second kappa shape index (κ2) is 4.42. The average molecular weight is 243 g/mol. The molecule has 3 nitrogen and oxygen atoms in total. The molecule has 1 aliphatic rings. The molecule has 1 aromatic carbocycles. The first-order chi connectivity index (χ1) is 8.44. The van der Waals surface area contributed by atoms with Crippen LogP contribution in [0.15, 0.2) is 48.1 Å². The molecule has 1 aromatic rings. The van der Waals surface area contributed by atoms with E-state index in [4.69, 9.17) is 5.73 Å². The molecule has 0 saturated heterocycles. The van der Waals surface area contributed by atoms with Gasteiger partial charge in [-0.05, 0) is 17.2 Å². The summed E-state index contributed by atoms with van der Waals surface area (Å²) in [6.07, 6.45) is 3.37. The molecule has 0 bridgehead atoms. The second-order valence-corrected chi connectivity index (χ2v) is 5.07. The first kappa shape index (κ1) is 12.6. The molecule has 3 N–H and O–H groups in total. The van der Waals surface area contributed by atoms with Crippen LogP contribution in [0.5, 0.6) is 0 Å². The lowest BCUT2D eigenvalue weighted by Crippen LogP contribution is -2.39. The summed E-state index contributed by atoms with van der Waals surface area (Å²) in [5.74, 6) is -0.912. The maximum atomic E-state index is 11.4. The molecule has 94 valence electrons. The number of carboxylic acids is 1. The third kappa shape index (κ3) is 1.97. The Bertz CT molecular complexity index is 527. The smallest absolute Gasteiger partial charge is 0.335 e. The molecule has 1 unspecified atom stereocenters. The molecule has 0 aromatic heterocycles. The van der Waals surface area contributed by atoms with Crippen LogP contribution in [0.25, 0.3) is 5.57 Å². The molecule has 0 heterocycles. The summed E-state index contributed by atoms with van der Waals surface area (Å²) >= 11 is 0. The van der Waals surface area contributed by atoms with Crippen LogP contribution in [0.1, 0.15) is 19.4 Å². The Morgan fingerprint density at radius 3 is 2.44 bits per heavy atom. The number of hydrogen-bond donors (Lipinski definition) is 2. The summed E-state index contributed by atoms with van der Waals surface area (Å²) in [6.45, 7) is 3.96. The van der Waals surface area contributed by atoms with Gasteiger partial charge in [0.15, 0.2) is 0 Å². The highest BCUT2D eigenvalue weighted by Gasteiger charge is 2.36. The fraction of sp³-hybridized carbons (Fsp3) is 0.267. The van der Waals surface area contributed by atoms with Crippen molar-refractivity contribution in [2.24, 2.45) is 11.1 Å². The van der Waals surface area contributed by atoms with Crippen LogP contribution in [0.2, 0.25) is 0 Å². The Morgan fingerprint density at radius 1 is 1.28 bits per heavy atom. The Labute approximate surface area is 107 Å². The fourth-order valence-corrected chi connectivity index (χ4v) is 2.35. The number of carboxylic acid groups (broad SMARTS) is 1. The standard InChI is InChI=1S/C15H17NO2/c1-15(2)12(16)9-8-11(14(17)18)13(15)10-6-4-3-5-7-10/h3-9,12H,16H2,1-2H3,(H,17,18). The number of carbonyl (C=O) groups is 1. The molecule has 0 aliphatic heterocycles. The lowest BCUT2D eigenvalue weighted by atomic mass is 9.70. The van der Waals surface area contributed by atoms with Crippen molar-refractivity contribution in [1.82, 2.24) is 0 Å². The number of benzene rings is 1. The molecule has 2 rings (SSSR count). The SMILES string of the molecule is CC1(C)C(c2ccccc2)=C(C(=O)O)C=CC1N. The summed E-state index contributed by atoms with van der Waals surface area (Å²) in [4.78, 5) is 11.4. The molecular weight excluding hydrogens is 226 g/mol. The van der Waals surface area contributed by atoms with Crippen molar-refractivity contribution in [3.63, 3.8) is 0 Å². The Morgan fingerprint density at radius 2 is 1.89 bits per heavy atom. The van der Waals surface area contributed by atoms with E-state index in [1.54, 1.807) is 12.2 Å². The van der Waals surface area contributed by atoms with E-state index in [1.807, 2.05) is 44.2 Å². The minimum absolute atomic E-state index is 0.184. The zero-order chi connectivity index (χ0) is 13.3. The highest BCUT2D eigenvalue weighted by Crippen LogP contribution is 2.42. The van der Waals surface area contributed by atoms with E-state index in [-0.39, 0.29) is 6.04 Å². The third-order valence-electron chi connectivity index (χ3n) is 3.51. The predicted molar refractivity (Wildman–Crippen MR) is 71.9 cm³/mol. The molecule has 0 radical (unpaired) electrons. The van der Waals surface area contributed by atoms with Crippen LogP contribution in [0.3, 0.4) is 0 Å². The van der Waals surface area contributed by atoms with Crippen LogP contribution in [-0.2, 0) is 4.79 Å². The van der Waals surface area contributed by atoms with Crippen molar-refractivity contribution in [1.29, 1.82) is 0 Å². The van der Waals surface area contributed by atoms with Crippen LogP contribution in [0.4, 0.5) is 0 Å². The molecule has 0 fully saturated rings. The Kier molecular flexibility index (Phi) is 3.09. The number of aliphatic carboxylic acids is 1. The van der Waals surface area contributed by atoms with Crippen molar-refractivity contribution in [2.75, 3.05) is 0 Å². The topological polar surface area (TPSA) is 63.3 Å². The van der Waals surface area contributed by atoms with Crippen LogP contribution in [0, 0.1) is 5.41 Å². The molecule has 18 heavy (non-hydrogen) atoms. The van der Waals surface area contributed by atoms with Gasteiger partial charge in [0.1, 0.15) is 0 Å². The van der Waals surface area contributed by atoms with Gasteiger partial charge in [-0.1, -0.05) is 50.3 Å². The quantitative estimate of drug-likeness (QED) is 0.838. The van der Waals surface area contributed by atoms with E-state index < -0.39 is 11.4 Å². The van der Waals surface area contributed by atoms with Gasteiger partial charge in [-0.2, -0.15) is 0 Å². The number of nitrogens with two attached hydrogens (primary N) is 1. The highest BCUT2D eigenvalue weighted by molar-refractivity contribution is 6.01. The Balaban J connectivity index is 2.68. The van der Waals surface area contributed by atoms with Gasteiger partial charge < -0.3 is 10.8 Å². The lowest BCUT2D eigenvalue weighted by Gasteiger charge is -2.36. The van der Waals surface area contributed by atoms with Gasteiger partial charge in [0.25, 0.3) is 0 Å². The first-order valence-electron chi connectivity index (χ1n) is 5.92. The first-order valence-corrected chi connectivity index (χ1v) is 5.92. The number of hydrogen-bond acceptors (Lipinski definition) is 2. The molecule has 1 atom stereocenters. The van der Waals surface area contributed by atoms with E-state index in [2.05, 4.69) is 0 Å². The third-order valence-corrected chi connectivity index (χ3v) is 3.51. The predicted octanol–water partition coefficient (Wildman–Crippen LogP) is 2.45. The summed E-state index contributed by atoms with van der Waals surface area (Å²) in [5.41, 5.74) is 7.73. The summed E-state index contributed by atoms with van der Waals surface area (Å²) in [6, 6.07) is 9.38. The van der Waals surface area contributed by atoms with Crippen molar-refractivity contribution in [2.45, 2.75) is 19.9 Å². The summed E-state index contributed by atoms with van der Waals surface area (Å²) in [7, 11) is 0. The largest absolute Gasteiger partial charge is 0.478 e. The maximum Gasteiger partial charge on any atom is 0.335 e. The normalized spacial score (nSPS) is 22.1. The molecule has 0 saturated carbocycles. The van der Waals surface area contributed by atoms with Gasteiger partial charge in [-0.3, -0.25) is 0 Å². The lowest BCUT2D eigenvalue weighted by molar-refractivity contribution is -0.132. The minimum Gasteiger partial charge on any atom is -0.478 e. The fourth-order valence-electron chi connectivity index (χ4n) is 2.35. The molecule has 1 aliphatic carbocycles. The zero-order valence-corrected chi connectivity index (χ0v) is 10.6. The summed E-state index contributed by atoms with van der Waals surface area (Å²) < 4.78 is 0. The molecule has 0 amide bonds. The van der Waals surface area contributed by atoms with Gasteiger partial charge in [-0.15, -0.1) is 0 Å².